The van der Waals surface area contributed by atoms with Crippen molar-refractivity contribution >= 4 is 5.91 Å². The standard InChI is InChI=1S/C14H27NO3/c1-11(2)12-3-5-13(6-4-12)14(17)15-7-9-18-10-8-16/h11-13,16H,3-10H2,1-2H3,(H,15,17). The lowest BCUT2D eigenvalue weighted by Gasteiger charge is -2.30. The molecule has 0 saturated heterocycles. The molecule has 4 nitrogen and oxygen atoms in total. The van der Waals surface area contributed by atoms with Gasteiger partial charge in [-0.05, 0) is 37.5 Å². The van der Waals surface area contributed by atoms with Crippen LogP contribution in [0.5, 0.6) is 0 Å². The van der Waals surface area contributed by atoms with Gasteiger partial charge in [0.05, 0.1) is 19.8 Å². The number of hydrogen-bond donors (Lipinski definition) is 2. The highest BCUT2D eigenvalue weighted by Crippen LogP contribution is 2.33. The Morgan fingerprint density at radius 2 is 1.94 bits per heavy atom. The second-order valence-corrected chi connectivity index (χ2v) is 5.48. The van der Waals surface area contributed by atoms with E-state index < -0.39 is 0 Å². The molecule has 0 aromatic heterocycles. The van der Waals surface area contributed by atoms with Crippen LogP contribution >= 0.6 is 0 Å². The van der Waals surface area contributed by atoms with Crippen LogP contribution in [0, 0.1) is 17.8 Å². The summed E-state index contributed by atoms with van der Waals surface area (Å²) in [4.78, 5) is 11.9. The molecule has 0 aromatic carbocycles. The molecule has 1 saturated carbocycles. The summed E-state index contributed by atoms with van der Waals surface area (Å²) in [7, 11) is 0. The van der Waals surface area contributed by atoms with Crippen molar-refractivity contribution < 1.29 is 14.6 Å². The second-order valence-electron chi connectivity index (χ2n) is 5.48. The van der Waals surface area contributed by atoms with Gasteiger partial charge in [-0.25, -0.2) is 0 Å². The Bertz CT molecular complexity index is 235. The lowest BCUT2D eigenvalue weighted by Crippen LogP contribution is -2.35. The molecule has 4 heteroatoms. The maximum atomic E-state index is 11.9. The van der Waals surface area contributed by atoms with Crippen molar-refractivity contribution in [1.82, 2.24) is 5.32 Å². The fourth-order valence-electron chi connectivity index (χ4n) is 2.61. The predicted molar refractivity (Wildman–Crippen MR) is 71.2 cm³/mol. The molecule has 0 heterocycles. The highest BCUT2D eigenvalue weighted by Gasteiger charge is 2.27. The topological polar surface area (TPSA) is 58.6 Å². The van der Waals surface area contributed by atoms with Gasteiger partial charge in [0.25, 0.3) is 0 Å². The molecule has 18 heavy (non-hydrogen) atoms. The van der Waals surface area contributed by atoms with Crippen molar-refractivity contribution in [2.45, 2.75) is 39.5 Å². The van der Waals surface area contributed by atoms with Crippen LogP contribution in [-0.4, -0.2) is 37.4 Å². The number of aliphatic hydroxyl groups excluding tert-OH is 1. The van der Waals surface area contributed by atoms with E-state index in [1.165, 1.54) is 12.8 Å². The Kier molecular flexibility index (Phi) is 7.28. The Balaban J connectivity index is 2.12. The van der Waals surface area contributed by atoms with Gasteiger partial charge in [-0.1, -0.05) is 13.8 Å². The minimum absolute atomic E-state index is 0.0349. The zero-order valence-electron chi connectivity index (χ0n) is 11.7. The minimum Gasteiger partial charge on any atom is -0.394 e. The molecule has 0 unspecified atom stereocenters. The van der Waals surface area contributed by atoms with Gasteiger partial charge in [0.2, 0.25) is 5.91 Å². The second kappa shape index (κ2) is 8.48. The van der Waals surface area contributed by atoms with Crippen LogP contribution in [0.3, 0.4) is 0 Å². The molecule has 0 radical (unpaired) electrons. The number of carbonyl (C=O) groups excluding carboxylic acids is 1. The van der Waals surface area contributed by atoms with E-state index in [-0.39, 0.29) is 18.4 Å². The third-order valence-electron chi connectivity index (χ3n) is 3.87. The fourth-order valence-corrected chi connectivity index (χ4v) is 2.61. The molecule has 1 aliphatic carbocycles. The zero-order chi connectivity index (χ0) is 13.4. The molecule has 0 aromatic rings. The van der Waals surface area contributed by atoms with Crippen LogP contribution in [0.4, 0.5) is 0 Å². The Labute approximate surface area is 110 Å². The zero-order valence-corrected chi connectivity index (χ0v) is 11.7. The van der Waals surface area contributed by atoms with Crippen molar-refractivity contribution in [2.24, 2.45) is 17.8 Å². The highest BCUT2D eigenvalue weighted by molar-refractivity contribution is 5.78. The summed E-state index contributed by atoms with van der Waals surface area (Å²) in [6, 6.07) is 0. The number of aliphatic hydroxyl groups is 1. The van der Waals surface area contributed by atoms with E-state index in [1.54, 1.807) is 0 Å². The first-order valence-electron chi connectivity index (χ1n) is 7.11. The molecule has 106 valence electrons. The summed E-state index contributed by atoms with van der Waals surface area (Å²) in [6.45, 7) is 5.94. The average molecular weight is 257 g/mol. The van der Waals surface area contributed by atoms with E-state index in [2.05, 4.69) is 19.2 Å². The molecule has 1 aliphatic rings. The fraction of sp³-hybridized carbons (Fsp3) is 0.929. The van der Waals surface area contributed by atoms with Crippen LogP contribution in [0.1, 0.15) is 39.5 Å². The molecule has 0 atom stereocenters. The Hall–Kier alpha value is -0.610. The smallest absolute Gasteiger partial charge is 0.223 e. The third-order valence-corrected chi connectivity index (χ3v) is 3.87. The summed E-state index contributed by atoms with van der Waals surface area (Å²) in [5.74, 6) is 1.89. The number of rotatable bonds is 7. The normalized spacial score (nSPS) is 24.2. The minimum atomic E-state index is 0.0349. The van der Waals surface area contributed by atoms with Crippen LogP contribution in [0.25, 0.3) is 0 Å². The number of amides is 1. The largest absolute Gasteiger partial charge is 0.394 e. The first kappa shape index (κ1) is 15.4. The number of ether oxygens (including phenoxy) is 1. The van der Waals surface area contributed by atoms with Gasteiger partial charge in [0.15, 0.2) is 0 Å². The van der Waals surface area contributed by atoms with E-state index >= 15 is 0 Å². The van der Waals surface area contributed by atoms with Crippen molar-refractivity contribution in [2.75, 3.05) is 26.4 Å². The molecule has 1 fully saturated rings. The van der Waals surface area contributed by atoms with Crippen LogP contribution in [-0.2, 0) is 9.53 Å². The lowest BCUT2D eigenvalue weighted by molar-refractivity contribution is -0.126. The van der Waals surface area contributed by atoms with Gasteiger partial charge < -0.3 is 15.2 Å². The van der Waals surface area contributed by atoms with Gasteiger partial charge in [0, 0.05) is 12.5 Å². The first-order valence-corrected chi connectivity index (χ1v) is 7.11. The summed E-state index contributed by atoms with van der Waals surface area (Å²) in [5.41, 5.74) is 0. The lowest BCUT2D eigenvalue weighted by atomic mass is 9.77. The molecule has 1 rings (SSSR count). The van der Waals surface area contributed by atoms with Crippen LogP contribution in [0.15, 0.2) is 0 Å². The van der Waals surface area contributed by atoms with Gasteiger partial charge in [-0.3, -0.25) is 4.79 Å². The maximum Gasteiger partial charge on any atom is 0.223 e. The highest BCUT2D eigenvalue weighted by atomic mass is 16.5. The molecule has 0 spiro atoms. The van der Waals surface area contributed by atoms with Crippen LogP contribution < -0.4 is 5.32 Å². The summed E-state index contributed by atoms with van der Waals surface area (Å²) < 4.78 is 5.10. The quantitative estimate of drug-likeness (QED) is 0.681. The number of nitrogens with one attached hydrogen (secondary N) is 1. The Morgan fingerprint density at radius 3 is 2.50 bits per heavy atom. The van der Waals surface area contributed by atoms with Crippen molar-refractivity contribution in [1.29, 1.82) is 0 Å². The van der Waals surface area contributed by atoms with E-state index in [9.17, 15) is 4.79 Å². The van der Waals surface area contributed by atoms with E-state index in [0.717, 1.165) is 24.7 Å². The molecular formula is C14H27NO3. The Morgan fingerprint density at radius 1 is 1.28 bits per heavy atom. The predicted octanol–water partition coefficient (Wildman–Crippen LogP) is 1.57. The third kappa shape index (κ3) is 5.36. The monoisotopic (exact) mass is 257 g/mol. The molecule has 0 bridgehead atoms. The number of carbonyl (C=O) groups is 1. The van der Waals surface area contributed by atoms with Gasteiger partial charge in [-0.15, -0.1) is 0 Å². The average Bonchev–Trinajstić information content (AvgIpc) is 2.38. The van der Waals surface area contributed by atoms with Crippen molar-refractivity contribution in [3.8, 4) is 0 Å². The number of hydrogen-bond acceptors (Lipinski definition) is 3. The molecular weight excluding hydrogens is 230 g/mol. The van der Waals surface area contributed by atoms with Gasteiger partial charge in [-0.2, -0.15) is 0 Å². The van der Waals surface area contributed by atoms with Crippen molar-refractivity contribution in [3.63, 3.8) is 0 Å². The summed E-state index contributed by atoms with van der Waals surface area (Å²) >= 11 is 0. The molecule has 1 amide bonds. The molecule has 2 N–H and O–H groups in total. The van der Waals surface area contributed by atoms with E-state index in [0.29, 0.717) is 19.8 Å². The summed E-state index contributed by atoms with van der Waals surface area (Å²) in [6.07, 6.45) is 4.39. The SMILES string of the molecule is CC(C)C1CCC(C(=O)NCCOCCO)CC1. The van der Waals surface area contributed by atoms with Gasteiger partial charge >= 0.3 is 0 Å². The van der Waals surface area contributed by atoms with Crippen molar-refractivity contribution in [3.05, 3.63) is 0 Å². The first-order chi connectivity index (χ1) is 8.65. The summed E-state index contributed by atoms with van der Waals surface area (Å²) in [5, 5.41) is 11.4. The van der Waals surface area contributed by atoms with E-state index in [1.807, 2.05) is 0 Å². The maximum absolute atomic E-state index is 11.9. The van der Waals surface area contributed by atoms with E-state index in [4.69, 9.17) is 9.84 Å². The molecule has 0 aliphatic heterocycles. The van der Waals surface area contributed by atoms with Crippen LogP contribution in [0.2, 0.25) is 0 Å². The van der Waals surface area contributed by atoms with Gasteiger partial charge in [0.1, 0.15) is 0 Å².